The number of ether oxygens (including phenoxy) is 1. The SMILES string of the molecule is O=C(O)CCCn1cc(CC(Cc2ccccc2)NC(=O)C2CCCC3(CCC3)O2)nn1. The molecule has 4 rings (SSSR count). The average Bonchev–Trinajstić information content (AvgIpc) is 3.20. The highest BCUT2D eigenvalue weighted by molar-refractivity contribution is 5.81. The smallest absolute Gasteiger partial charge is 0.303 e. The first-order valence-electron chi connectivity index (χ1n) is 11.6. The van der Waals surface area contributed by atoms with E-state index in [4.69, 9.17) is 9.84 Å². The van der Waals surface area contributed by atoms with Gasteiger partial charge < -0.3 is 15.2 Å². The first-order chi connectivity index (χ1) is 15.5. The van der Waals surface area contributed by atoms with Crippen LogP contribution in [0.3, 0.4) is 0 Å². The largest absolute Gasteiger partial charge is 0.481 e. The molecule has 0 radical (unpaired) electrons. The number of benzene rings is 1. The van der Waals surface area contributed by atoms with E-state index in [1.165, 1.54) is 6.42 Å². The molecular weight excluding hydrogens is 408 g/mol. The maximum absolute atomic E-state index is 13.1. The molecule has 8 heteroatoms. The number of hydrogen-bond acceptors (Lipinski definition) is 5. The summed E-state index contributed by atoms with van der Waals surface area (Å²) in [6.07, 6.45) is 9.49. The van der Waals surface area contributed by atoms with Crippen LogP contribution in [0.4, 0.5) is 0 Å². The Morgan fingerprint density at radius 2 is 1.97 bits per heavy atom. The van der Waals surface area contributed by atoms with Gasteiger partial charge in [0.15, 0.2) is 0 Å². The Hall–Kier alpha value is -2.74. The van der Waals surface area contributed by atoms with Gasteiger partial charge >= 0.3 is 5.97 Å². The van der Waals surface area contributed by atoms with Gasteiger partial charge in [-0.25, -0.2) is 0 Å². The van der Waals surface area contributed by atoms with E-state index in [2.05, 4.69) is 27.8 Å². The minimum atomic E-state index is -0.815. The minimum Gasteiger partial charge on any atom is -0.481 e. The Labute approximate surface area is 188 Å². The first kappa shape index (κ1) is 22.5. The molecule has 1 aromatic carbocycles. The summed E-state index contributed by atoms with van der Waals surface area (Å²) in [6.45, 7) is 0.507. The number of hydrogen-bond donors (Lipinski definition) is 2. The van der Waals surface area contributed by atoms with Gasteiger partial charge in [-0.3, -0.25) is 14.3 Å². The Bertz CT molecular complexity index is 910. The molecule has 2 heterocycles. The van der Waals surface area contributed by atoms with E-state index in [9.17, 15) is 9.59 Å². The third kappa shape index (κ3) is 5.94. The normalized spacial score (nSPS) is 20.4. The van der Waals surface area contributed by atoms with E-state index in [-0.39, 0.29) is 30.1 Å². The van der Waals surface area contributed by atoms with E-state index in [0.717, 1.165) is 43.4 Å². The van der Waals surface area contributed by atoms with Crippen molar-refractivity contribution in [3.05, 3.63) is 47.8 Å². The number of aryl methyl sites for hydroxylation is 1. The van der Waals surface area contributed by atoms with Gasteiger partial charge in [0.2, 0.25) is 5.91 Å². The zero-order chi connectivity index (χ0) is 22.4. The lowest BCUT2D eigenvalue weighted by Crippen LogP contribution is -2.52. The molecule has 1 spiro atoms. The second kappa shape index (κ2) is 10.3. The monoisotopic (exact) mass is 440 g/mol. The van der Waals surface area contributed by atoms with Crippen LogP contribution in [0.2, 0.25) is 0 Å². The summed E-state index contributed by atoms with van der Waals surface area (Å²) in [5.41, 5.74) is 1.86. The van der Waals surface area contributed by atoms with Crippen molar-refractivity contribution < 1.29 is 19.4 Å². The molecule has 2 atom stereocenters. The number of carbonyl (C=O) groups is 2. The van der Waals surface area contributed by atoms with Crippen molar-refractivity contribution in [2.75, 3.05) is 0 Å². The summed E-state index contributed by atoms with van der Waals surface area (Å²) in [6, 6.07) is 9.96. The number of carbonyl (C=O) groups excluding carboxylic acids is 1. The zero-order valence-electron chi connectivity index (χ0n) is 18.4. The van der Waals surface area contributed by atoms with Crippen molar-refractivity contribution in [1.29, 1.82) is 0 Å². The number of aliphatic carboxylic acids is 1. The fourth-order valence-corrected chi connectivity index (χ4v) is 4.71. The zero-order valence-corrected chi connectivity index (χ0v) is 18.4. The molecule has 172 valence electrons. The van der Waals surface area contributed by atoms with Crippen LogP contribution in [0.25, 0.3) is 0 Å². The van der Waals surface area contributed by atoms with Gasteiger partial charge in [-0.05, 0) is 56.9 Å². The van der Waals surface area contributed by atoms with Gasteiger partial charge in [0.25, 0.3) is 0 Å². The summed E-state index contributed by atoms with van der Waals surface area (Å²) in [5.74, 6) is -0.852. The Balaban J connectivity index is 1.39. The van der Waals surface area contributed by atoms with Crippen molar-refractivity contribution >= 4 is 11.9 Å². The van der Waals surface area contributed by atoms with Crippen LogP contribution in [-0.2, 0) is 33.7 Å². The highest BCUT2D eigenvalue weighted by Crippen LogP contribution is 2.44. The van der Waals surface area contributed by atoms with E-state index in [0.29, 0.717) is 25.8 Å². The molecule has 2 N–H and O–H groups in total. The quantitative estimate of drug-likeness (QED) is 0.588. The second-order valence-corrected chi connectivity index (χ2v) is 9.10. The summed E-state index contributed by atoms with van der Waals surface area (Å²) in [4.78, 5) is 23.8. The van der Waals surface area contributed by atoms with Crippen LogP contribution in [0.1, 0.15) is 62.6 Å². The molecule has 1 amide bonds. The van der Waals surface area contributed by atoms with Gasteiger partial charge in [-0.15, -0.1) is 5.10 Å². The Kier molecular flexibility index (Phi) is 7.19. The lowest BCUT2D eigenvalue weighted by atomic mass is 9.74. The Morgan fingerprint density at radius 3 is 2.69 bits per heavy atom. The Morgan fingerprint density at radius 1 is 1.19 bits per heavy atom. The molecule has 1 aliphatic heterocycles. The number of nitrogens with zero attached hydrogens (tertiary/aromatic N) is 3. The van der Waals surface area contributed by atoms with Crippen molar-refractivity contribution in [1.82, 2.24) is 20.3 Å². The van der Waals surface area contributed by atoms with Crippen LogP contribution < -0.4 is 5.32 Å². The van der Waals surface area contributed by atoms with Crippen molar-refractivity contribution in [2.24, 2.45) is 0 Å². The molecule has 1 saturated heterocycles. The number of carboxylic acid groups (broad SMARTS) is 1. The minimum absolute atomic E-state index is 0.0363. The number of amides is 1. The number of aromatic nitrogens is 3. The van der Waals surface area contributed by atoms with E-state index >= 15 is 0 Å². The fourth-order valence-electron chi connectivity index (χ4n) is 4.71. The van der Waals surface area contributed by atoms with Gasteiger partial charge in [0, 0.05) is 31.6 Å². The number of carboxylic acids is 1. The summed E-state index contributed by atoms with van der Waals surface area (Å²) < 4.78 is 7.92. The van der Waals surface area contributed by atoms with Crippen LogP contribution >= 0.6 is 0 Å². The van der Waals surface area contributed by atoms with E-state index < -0.39 is 5.97 Å². The predicted octanol–water partition coefficient (Wildman–Crippen LogP) is 2.90. The fraction of sp³-hybridized carbons (Fsp3) is 0.583. The number of nitrogens with one attached hydrogen (secondary N) is 1. The molecule has 32 heavy (non-hydrogen) atoms. The van der Waals surface area contributed by atoms with Crippen molar-refractivity contribution in [2.45, 2.75) is 88.5 Å². The van der Waals surface area contributed by atoms with Gasteiger partial charge in [0.05, 0.1) is 11.3 Å². The highest BCUT2D eigenvalue weighted by atomic mass is 16.5. The van der Waals surface area contributed by atoms with Crippen LogP contribution in [0.15, 0.2) is 36.5 Å². The molecule has 2 aliphatic rings. The molecule has 2 fully saturated rings. The van der Waals surface area contributed by atoms with Gasteiger partial charge in [-0.2, -0.15) is 0 Å². The van der Waals surface area contributed by atoms with Crippen LogP contribution in [0.5, 0.6) is 0 Å². The molecule has 1 saturated carbocycles. The lowest BCUT2D eigenvalue weighted by Gasteiger charge is -2.47. The lowest BCUT2D eigenvalue weighted by molar-refractivity contribution is -0.180. The standard InChI is InChI=1S/C24H32N4O4/c29-22(30)10-5-14-28-17-20(26-27-28)16-19(15-18-7-2-1-3-8-18)25-23(31)21-9-4-11-24(32-21)12-6-13-24/h1-3,7-8,17,19,21H,4-6,9-16H2,(H,25,31)(H,29,30). The maximum Gasteiger partial charge on any atom is 0.303 e. The van der Waals surface area contributed by atoms with Gasteiger partial charge in [0.1, 0.15) is 6.10 Å². The molecular formula is C24H32N4O4. The molecule has 1 aliphatic carbocycles. The summed E-state index contributed by atoms with van der Waals surface area (Å²) >= 11 is 0. The predicted molar refractivity (Wildman–Crippen MR) is 118 cm³/mol. The third-order valence-electron chi connectivity index (χ3n) is 6.54. The average molecular weight is 441 g/mol. The summed E-state index contributed by atoms with van der Waals surface area (Å²) in [5, 5.41) is 20.4. The first-order valence-corrected chi connectivity index (χ1v) is 11.6. The van der Waals surface area contributed by atoms with Gasteiger partial charge in [-0.1, -0.05) is 35.5 Å². The molecule has 2 unspecified atom stereocenters. The molecule has 2 aromatic rings. The van der Waals surface area contributed by atoms with E-state index in [1.54, 1.807) is 4.68 Å². The topological polar surface area (TPSA) is 106 Å². The molecule has 8 nitrogen and oxygen atoms in total. The summed E-state index contributed by atoms with van der Waals surface area (Å²) in [7, 11) is 0. The van der Waals surface area contributed by atoms with E-state index in [1.807, 2.05) is 24.4 Å². The van der Waals surface area contributed by atoms with Crippen molar-refractivity contribution in [3.8, 4) is 0 Å². The highest BCUT2D eigenvalue weighted by Gasteiger charge is 2.44. The second-order valence-electron chi connectivity index (χ2n) is 9.10. The van der Waals surface area contributed by atoms with Crippen molar-refractivity contribution in [3.63, 3.8) is 0 Å². The van der Waals surface area contributed by atoms with Crippen LogP contribution in [0, 0.1) is 0 Å². The molecule has 0 bridgehead atoms. The maximum atomic E-state index is 13.1. The number of rotatable bonds is 10. The molecule has 1 aromatic heterocycles. The van der Waals surface area contributed by atoms with Crippen LogP contribution in [-0.4, -0.2) is 49.7 Å². The third-order valence-corrected chi connectivity index (χ3v) is 6.54.